The Hall–Kier alpha value is -3.45. The molecule has 6 nitrogen and oxygen atoms in total. The van der Waals surface area contributed by atoms with E-state index in [4.69, 9.17) is 0 Å². The molecule has 0 fully saturated rings. The molecular weight excluding hydrogens is 400 g/mol. The van der Waals surface area contributed by atoms with E-state index in [9.17, 15) is 18.0 Å². The summed E-state index contributed by atoms with van der Waals surface area (Å²) in [6.45, 7) is 1.62. The fourth-order valence-electron chi connectivity index (χ4n) is 3.48. The fourth-order valence-corrected chi connectivity index (χ4v) is 5.00. The van der Waals surface area contributed by atoms with Gasteiger partial charge in [0.05, 0.1) is 12.1 Å². The zero-order valence-electron chi connectivity index (χ0n) is 16.4. The summed E-state index contributed by atoms with van der Waals surface area (Å²) in [5.74, 6) is -1.16. The highest BCUT2D eigenvalue weighted by Gasteiger charge is 2.42. The number of aryl methyl sites for hydroxylation is 1. The molecule has 4 rings (SSSR count). The van der Waals surface area contributed by atoms with Crippen LogP contribution in [0.5, 0.6) is 0 Å². The largest absolute Gasteiger partial charge is 0.306 e. The van der Waals surface area contributed by atoms with Crippen LogP contribution in [0.2, 0.25) is 0 Å². The van der Waals surface area contributed by atoms with Crippen LogP contribution < -0.4 is 4.90 Å². The van der Waals surface area contributed by atoms with Crippen molar-refractivity contribution in [3.8, 4) is 0 Å². The molecule has 0 spiro atoms. The van der Waals surface area contributed by atoms with E-state index in [0.717, 1.165) is 11.1 Å². The van der Waals surface area contributed by atoms with Gasteiger partial charge < -0.3 is 4.90 Å². The third-order valence-electron chi connectivity index (χ3n) is 4.99. The van der Waals surface area contributed by atoms with Crippen LogP contribution in [0.25, 0.3) is 0 Å². The molecule has 3 aromatic rings. The van der Waals surface area contributed by atoms with Gasteiger partial charge >= 0.3 is 0 Å². The number of amides is 2. The van der Waals surface area contributed by atoms with Crippen molar-refractivity contribution in [2.24, 2.45) is 0 Å². The number of fused-ring (bicyclic) bond motifs is 1. The lowest BCUT2D eigenvalue weighted by atomic mass is 10.1. The average Bonchev–Trinajstić information content (AvgIpc) is 2.93. The van der Waals surface area contributed by atoms with E-state index in [1.807, 2.05) is 55.5 Å². The van der Waals surface area contributed by atoms with E-state index in [2.05, 4.69) is 0 Å². The first-order valence-corrected chi connectivity index (χ1v) is 10.9. The first-order valence-electron chi connectivity index (χ1n) is 9.45. The maximum Gasteiger partial charge on any atom is 0.269 e. The van der Waals surface area contributed by atoms with Gasteiger partial charge in [-0.1, -0.05) is 54.6 Å². The number of rotatable bonds is 5. The number of carbonyl (C=O) groups excluding carboxylic acids is 2. The van der Waals surface area contributed by atoms with Gasteiger partial charge in [0.25, 0.3) is 15.9 Å². The monoisotopic (exact) mass is 420 g/mol. The Morgan fingerprint density at radius 2 is 1.63 bits per heavy atom. The summed E-state index contributed by atoms with van der Waals surface area (Å²) in [4.78, 5) is 27.4. The van der Waals surface area contributed by atoms with E-state index in [0.29, 0.717) is 9.99 Å². The van der Waals surface area contributed by atoms with E-state index in [1.54, 1.807) is 18.2 Å². The van der Waals surface area contributed by atoms with E-state index in [-0.39, 0.29) is 17.0 Å². The quantitative estimate of drug-likeness (QED) is 0.634. The molecule has 0 N–H and O–H groups in total. The number of nitrogens with zero attached hydrogens (tertiary/aromatic N) is 2. The molecule has 30 heavy (non-hydrogen) atoms. The van der Waals surface area contributed by atoms with Gasteiger partial charge in [-0.3, -0.25) is 9.59 Å². The van der Waals surface area contributed by atoms with Crippen molar-refractivity contribution in [3.05, 3.63) is 95.6 Å². The highest BCUT2D eigenvalue weighted by molar-refractivity contribution is 7.90. The van der Waals surface area contributed by atoms with Gasteiger partial charge in [-0.25, -0.2) is 12.7 Å². The van der Waals surface area contributed by atoms with Crippen LogP contribution in [0.1, 0.15) is 21.5 Å². The van der Waals surface area contributed by atoms with Crippen LogP contribution >= 0.6 is 0 Å². The number of hydrogen-bond acceptors (Lipinski definition) is 4. The Labute approximate surface area is 175 Å². The molecule has 0 radical (unpaired) electrons. The van der Waals surface area contributed by atoms with Crippen LogP contribution in [0, 0.1) is 6.92 Å². The van der Waals surface area contributed by atoms with E-state index < -0.39 is 28.4 Å². The zero-order chi connectivity index (χ0) is 21.3. The van der Waals surface area contributed by atoms with Gasteiger partial charge in [-0.05, 0) is 42.3 Å². The second-order valence-electron chi connectivity index (χ2n) is 7.12. The number of benzene rings is 3. The number of sulfonamides is 1. The topological polar surface area (TPSA) is 74.8 Å². The number of hydrogen-bond donors (Lipinski definition) is 0. The second kappa shape index (κ2) is 7.76. The molecule has 3 aromatic carbocycles. The van der Waals surface area contributed by atoms with E-state index in [1.165, 1.54) is 17.0 Å². The molecule has 0 saturated carbocycles. The number of anilines is 1. The number of carbonyl (C=O) groups is 2. The first kappa shape index (κ1) is 19.8. The van der Waals surface area contributed by atoms with Crippen LogP contribution in [-0.4, -0.2) is 31.1 Å². The molecule has 2 amide bonds. The lowest BCUT2D eigenvalue weighted by Crippen LogP contribution is -2.42. The van der Waals surface area contributed by atoms with Crippen molar-refractivity contribution >= 4 is 27.5 Å². The van der Waals surface area contributed by atoms with Crippen molar-refractivity contribution in [2.45, 2.75) is 18.4 Å². The van der Waals surface area contributed by atoms with E-state index >= 15 is 0 Å². The average molecular weight is 420 g/mol. The Morgan fingerprint density at radius 3 is 2.33 bits per heavy atom. The van der Waals surface area contributed by atoms with Crippen LogP contribution in [-0.2, 0) is 21.4 Å². The van der Waals surface area contributed by atoms with Crippen molar-refractivity contribution in [3.63, 3.8) is 0 Å². The maximum atomic E-state index is 13.3. The zero-order valence-corrected chi connectivity index (χ0v) is 17.2. The lowest BCUT2D eigenvalue weighted by Gasteiger charge is -2.25. The molecule has 152 valence electrons. The molecule has 7 heteroatoms. The molecule has 0 bridgehead atoms. The SMILES string of the molecule is Cc1cccc(N(Cc2ccccc2)C(=O)CN2C(=O)c3ccccc3S2(=O)=O)c1. The predicted molar refractivity (Wildman–Crippen MR) is 113 cm³/mol. The summed E-state index contributed by atoms with van der Waals surface area (Å²) in [5.41, 5.74) is 2.60. The summed E-state index contributed by atoms with van der Waals surface area (Å²) in [6.07, 6.45) is 0. The highest BCUT2D eigenvalue weighted by Crippen LogP contribution is 2.30. The highest BCUT2D eigenvalue weighted by atomic mass is 32.2. The normalized spacial score (nSPS) is 14.4. The lowest BCUT2D eigenvalue weighted by molar-refractivity contribution is -0.118. The molecule has 0 atom stereocenters. The van der Waals surface area contributed by atoms with Crippen LogP contribution in [0.4, 0.5) is 5.69 Å². The van der Waals surface area contributed by atoms with Crippen molar-refractivity contribution in [1.29, 1.82) is 0 Å². The summed E-state index contributed by atoms with van der Waals surface area (Å²) < 4.78 is 26.3. The molecular formula is C23H20N2O4S. The molecule has 0 aliphatic carbocycles. The molecule has 0 saturated heterocycles. The fraction of sp³-hybridized carbons (Fsp3) is 0.130. The standard InChI is InChI=1S/C23H20N2O4S/c1-17-8-7-11-19(14-17)24(15-18-9-3-2-4-10-18)22(26)16-25-23(27)20-12-5-6-13-21(20)30(25,28)29/h2-14H,15-16H2,1H3. The van der Waals surface area contributed by atoms with Crippen molar-refractivity contribution < 1.29 is 18.0 Å². The first-order chi connectivity index (χ1) is 14.4. The third kappa shape index (κ3) is 3.59. The Kier molecular flexibility index (Phi) is 5.13. The Balaban J connectivity index is 1.67. The molecule has 1 aliphatic heterocycles. The van der Waals surface area contributed by atoms with Crippen LogP contribution in [0.15, 0.2) is 83.8 Å². The second-order valence-corrected chi connectivity index (χ2v) is 8.95. The van der Waals surface area contributed by atoms with Gasteiger partial charge in [0.15, 0.2) is 0 Å². The molecule has 0 aromatic heterocycles. The molecule has 1 aliphatic rings. The van der Waals surface area contributed by atoms with Crippen LogP contribution in [0.3, 0.4) is 0 Å². The van der Waals surface area contributed by atoms with Crippen molar-refractivity contribution in [2.75, 3.05) is 11.4 Å². The summed E-state index contributed by atoms with van der Waals surface area (Å²) in [5, 5.41) is 0. The minimum Gasteiger partial charge on any atom is -0.306 e. The van der Waals surface area contributed by atoms with Gasteiger partial charge in [0, 0.05) is 5.69 Å². The molecule has 1 heterocycles. The summed E-state index contributed by atoms with van der Waals surface area (Å²) in [6, 6.07) is 22.8. The Morgan fingerprint density at radius 1 is 0.933 bits per heavy atom. The minimum absolute atomic E-state index is 0.0621. The minimum atomic E-state index is -4.05. The summed E-state index contributed by atoms with van der Waals surface area (Å²) in [7, 11) is -4.05. The maximum absolute atomic E-state index is 13.3. The van der Waals surface area contributed by atoms with Gasteiger partial charge in [-0.2, -0.15) is 0 Å². The molecule has 0 unspecified atom stereocenters. The third-order valence-corrected chi connectivity index (χ3v) is 6.78. The smallest absolute Gasteiger partial charge is 0.269 e. The Bertz CT molecular complexity index is 1220. The van der Waals surface area contributed by atoms with Gasteiger partial charge in [-0.15, -0.1) is 0 Å². The summed E-state index contributed by atoms with van der Waals surface area (Å²) >= 11 is 0. The van der Waals surface area contributed by atoms with Crippen molar-refractivity contribution in [1.82, 2.24) is 4.31 Å². The van der Waals surface area contributed by atoms with Gasteiger partial charge in [0.2, 0.25) is 5.91 Å². The predicted octanol–water partition coefficient (Wildman–Crippen LogP) is 3.37. The van der Waals surface area contributed by atoms with Gasteiger partial charge in [0.1, 0.15) is 11.4 Å².